The number of rotatable bonds is 2. The number of nitriles is 1. The lowest BCUT2D eigenvalue weighted by Crippen LogP contribution is -2.44. The summed E-state index contributed by atoms with van der Waals surface area (Å²) < 4.78 is 2.39. The number of nitrogens with zero attached hydrogens (tertiary/aromatic N) is 5. The number of piperazine rings is 1. The number of hydrogen-bond acceptors (Lipinski definition) is 6. The van der Waals surface area contributed by atoms with Crippen LogP contribution in [0.4, 0.5) is 11.6 Å². The molecule has 2 aromatic heterocycles. The average Bonchev–Trinajstić information content (AvgIpc) is 2.86. The minimum absolute atomic E-state index is 0.320. The van der Waals surface area contributed by atoms with Crippen LogP contribution in [0.3, 0.4) is 0 Å². The summed E-state index contributed by atoms with van der Waals surface area (Å²) in [5, 5.41) is 17.1. The van der Waals surface area contributed by atoms with Crippen LogP contribution in [0.2, 0.25) is 0 Å². The van der Waals surface area contributed by atoms with E-state index in [2.05, 4.69) is 42.3 Å². The fourth-order valence-corrected chi connectivity index (χ4v) is 2.53. The maximum Gasteiger partial charge on any atom is 0.171 e. The highest BCUT2D eigenvalue weighted by Crippen LogP contribution is 2.27. The van der Waals surface area contributed by atoms with E-state index in [1.165, 1.54) is 4.68 Å². The van der Waals surface area contributed by atoms with Crippen molar-refractivity contribution in [1.29, 1.82) is 5.26 Å². The van der Waals surface area contributed by atoms with Crippen LogP contribution in [0.1, 0.15) is 5.56 Å². The molecule has 3 N–H and O–H groups in total. The lowest BCUT2D eigenvalue weighted by molar-refractivity contribution is 0.582. The van der Waals surface area contributed by atoms with Crippen LogP contribution in [-0.4, -0.2) is 40.9 Å². The molecule has 0 unspecified atom stereocenters. The Labute approximate surface area is 130 Å². The molecule has 1 saturated heterocycles. The molecule has 0 aliphatic carbocycles. The van der Waals surface area contributed by atoms with Crippen molar-refractivity contribution < 1.29 is 0 Å². The Hall–Kier alpha value is -2.11. The smallest absolute Gasteiger partial charge is 0.171 e. The van der Waals surface area contributed by atoms with Crippen LogP contribution >= 0.6 is 15.9 Å². The van der Waals surface area contributed by atoms with E-state index in [0.717, 1.165) is 30.7 Å². The fraction of sp³-hybridized carbons (Fsp3) is 0.308. The van der Waals surface area contributed by atoms with Crippen LogP contribution in [0, 0.1) is 11.3 Å². The zero-order valence-electron chi connectivity index (χ0n) is 11.3. The van der Waals surface area contributed by atoms with Gasteiger partial charge in [0, 0.05) is 36.8 Å². The second kappa shape index (κ2) is 5.71. The molecule has 8 heteroatoms. The number of anilines is 2. The molecule has 0 aromatic carbocycles. The third kappa shape index (κ3) is 2.57. The summed E-state index contributed by atoms with van der Waals surface area (Å²) in [5.41, 5.74) is 6.48. The van der Waals surface area contributed by atoms with Gasteiger partial charge in [-0.15, -0.1) is 5.10 Å². The molecule has 0 radical (unpaired) electrons. The van der Waals surface area contributed by atoms with E-state index in [1.54, 1.807) is 12.3 Å². The van der Waals surface area contributed by atoms with E-state index in [9.17, 15) is 5.26 Å². The molecule has 0 bridgehead atoms. The van der Waals surface area contributed by atoms with Crippen LogP contribution in [0.15, 0.2) is 22.8 Å². The molecule has 0 saturated carbocycles. The molecule has 1 aliphatic heterocycles. The van der Waals surface area contributed by atoms with E-state index < -0.39 is 0 Å². The summed E-state index contributed by atoms with van der Waals surface area (Å²) in [6.45, 7) is 3.35. The number of nitrogen functional groups attached to an aromatic ring is 1. The highest BCUT2D eigenvalue weighted by molar-refractivity contribution is 9.10. The van der Waals surface area contributed by atoms with Crippen LogP contribution < -0.4 is 16.0 Å². The third-order valence-electron chi connectivity index (χ3n) is 3.36. The Morgan fingerprint density at radius 2 is 2.10 bits per heavy atom. The lowest BCUT2D eigenvalue weighted by Gasteiger charge is -2.27. The lowest BCUT2D eigenvalue weighted by atomic mass is 10.2. The van der Waals surface area contributed by atoms with E-state index in [1.807, 2.05) is 6.07 Å². The molecule has 108 valence electrons. The fourth-order valence-electron chi connectivity index (χ4n) is 2.29. The Bertz CT molecular complexity index is 680. The minimum Gasteiger partial charge on any atom is -0.382 e. The summed E-state index contributed by atoms with van der Waals surface area (Å²) in [7, 11) is 0. The number of nitrogens with one attached hydrogen (secondary N) is 1. The van der Waals surface area contributed by atoms with Crippen molar-refractivity contribution >= 4 is 27.6 Å². The van der Waals surface area contributed by atoms with E-state index in [-0.39, 0.29) is 0 Å². The van der Waals surface area contributed by atoms with Gasteiger partial charge in [0.25, 0.3) is 0 Å². The predicted molar refractivity (Wildman–Crippen MR) is 83.3 cm³/mol. The van der Waals surface area contributed by atoms with Gasteiger partial charge >= 0.3 is 0 Å². The van der Waals surface area contributed by atoms with Crippen molar-refractivity contribution in [1.82, 2.24) is 20.1 Å². The first-order valence-electron chi connectivity index (χ1n) is 6.57. The highest BCUT2D eigenvalue weighted by atomic mass is 79.9. The third-order valence-corrected chi connectivity index (χ3v) is 3.83. The summed E-state index contributed by atoms with van der Waals surface area (Å²) in [6, 6.07) is 5.82. The summed E-state index contributed by atoms with van der Waals surface area (Å²) in [4.78, 5) is 6.35. The van der Waals surface area contributed by atoms with Crippen molar-refractivity contribution in [3.63, 3.8) is 0 Å². The van der Waals surface area contributed by atoms with Gasteiger partial charge in [-0.1, -0.05) is 0 Å². The van der Waals surface area contributed by atoms with Crippen molar-refractivity contribution in [3.05, 3.63) is 28.4 Å². The zero-order chi connectivity index (χ0) is 14.8. The van der Waals surface area contributed by atoms with Gasteiger partial charge in [-0.3, -0.25) is 0 Å². The topological polar surface area (TPSA) is 95.8 Å². The molecule has 2 aromatic rings. The molecule has 1 fully saturated rings. The Morgan fingerprint density at radius 1 is 1.33 bits per heavy atom. The first kappa shape index (κ1) is 13.9. The van der Waals surface area contributed by atoms with Gasteiger partial charge in [0.15, 0.2) is 11.6 Å². The van der Waals surface area contributed by atoms with Crippen LogP contribution in [0.25, 0.3) is 5.82 Å². The minimum atomic E-state index is 0.320. The van der Waals surface area contributed by atoms with Crippen LogP contribution in [0.5, 0.6) is 0 Å². The summed E-state index contributed by atoms with van der Waals surface area (Å²) in [6.07, 6.45) is 1.67. The number of aromatic nitrogens is 3. The molecule has 0 amide bonds. The SMILES string of the molecule is N#Cc1c(N2CCNCC2)nn(-c2ccc(Br)cn2)c1N. The molecule has 3 heterocycles. The standard InChI is InChI=1S/C13H14BrN7/c14-9-1-2-11(18-8-9)21-12(16)10(7-15)13(19-21)20-5-3-17-4-6-20/h1-2,8,17H,3-6,16H2. The Morgan fingerprint density at radius 3 is 2.71 bits per heavy atom. The second-order valence-electron chi connectivity index (χ2n) is 4.68. The van der Waals surface area contributed by atoms with E-state index in [4.69, 9.17) is 5.73 Å². The van der Waals surface area contributed by atoms with Gasteiger partial charge in [0.2, 0.25) is 0 Å². The molecular formula is C13H14BrN7. The van der Waals surface area contributed by atoms with Crippen LogP contribution in [-0.2, 0) is 0 Å². The number of pyridine rings is 1. The number of hydrogen-bond donors (Lipinski definition) is 2. The predicted octanol–water partition coefficient (Wildman–Crippen LogP) is 0.893. The summed E-state index contributed by atoms with van der Waals surface area (Å²) >= 11 is 3.34. The second-order valence-corrected chi connectivity index (χ2v) is 5.59. The Kier molecular flexibility index (Phi) is 3.77. The van der Waals surface area contributed by atoms with Crippen molar-refractivity contribution in [2.24, 2.45) is 0 Å². The molecular weight excluding hydrogens is 334 g/mol. The first-order chi connectivity index (χ1) is 10.2. The van der Waals surface area contributed by atoms with Gasteiger partial charge in [-0.25, -0.2) is 4.98 Å². The average molecular weight is 348 g/mol. The van der Waals surface area contributed by atoms with Gasteiger partial charge in [0.1, 0.15) is 17.5 Å². The van der Waals surface area contributed by atoms with Gasteiger partial charge in [-0.05, 0) is 28.1 Å². The molecule has 0 atom stereocenters. The molecule has 1 aliphatic rings. The van der Waals surface area contributed by atoms with Crippen molar-refractivity contribution in [2.75, 3.05) is 36.8 Å². The molecule has 7 nitrogen and oxygen atoms in total. The van der Waals surface area contributed by atoms with Gasteiger partial charge in [-0.2, -0.15) is 9.94 Å². The molecule has 0 spiro atoms. The largest absolute Gasteiger partial charge is 0.382 e. The van der Waals surface area contributed by atoms with Gasteiger partial charge in [0.05, 0.1) is 0 Å². The quantitative estimate of drug-likeness (QED) is 0.837. The van der Waals surface area contributed by atoms with Crippen molar-refractivity contribution in [3.8, 4) is 11.9 Å². The van der Waals surface area contributed by atoms with E-state index >= 15 is 0 Å². The number of nitrogens with two attached hydrogens (primary N) is 1. The van der Waals surface area contributed by atoms with Crippen molar-refractivity contribution in [2.45, 2.75) is 0 Å². The summed E-state index contributed by atoms with van der Waals surface area (Å²) in [5.74, 6) is 1.54. The number of halogens is 1. The zero-order valence-corrected chi connectivity index (χ0v) is 12.8. The molecule has 21 heavy (non-hydrogen) atoms. The maximum atomic E-state index is 9.38. The molecule has 3 rings (SSSR count). The highest BCUT2D eigenvalue weighted by Gasteiger charge is 2.23. The normalized spacial score (nSPS) is 15.0. The van der Waals surface area contributed by atoms with E-state index in [0.29, 0.717) is 23.0 Å². The van der Waals surface area contributed by atoms with Gasteiger partial charge < -0.3 is 16.0 Å². The monoisotopic (exact) mass is 347 g/mol. The Balaban J connectivity index is 2.04. The first-order valence-corrected chi connectivity index (χ1v) is 7.36. The maximum absolute atomic E-state index is 9.38.